The average Bonchev–Trinajstić information content (AvgIpc) is 2.94. The van der Waals surface area contributed by atoms with Gasteiger partial charge >= 0.3 is 0 Å². The molecule has 1 atom stereocenters. The van der Waals surface area contributed by atoms with Gasteiger partial charge in [0.25, 0.3) is 5.69 Å². The Morgan fingerprint density at radius 1 is 1.39 bits per heavy atom. The van der Waals surface area contributed by atoms with E-state index < -0.39 is 0 Å². The van der Waals surface area contributed by atoms with Gasteiger partial charge < -0.3 is 5.32 Å². The largest absolute Gasteiger partial charge is 0.350 e. The lowest BCUT2D eigenvalue weighted by atomic mass is 10.1. The number of nitro groups is 1. The molecule has 23 heavy (non-hydrogen) atoms. The maximum atomic E-state index is 11.1. The van der Waals surface area contributed by atoms with Gasteiger partial charge in [-0.1, -0.05) is 18.2 Å². The summed E-state index contributed by atoms with van der Waals surface area (Å²) >= 11 is 0. The van der Waals surface area contributed by atoms with Crippen LogP contribution in [0.3, 0.4) is 0 Å². The Balaban J connectivity index is 1.61. The van der Waals surface area contributed by atoms with Crippen molar-refractivity contribution in [2.24, 2.45) is 0 Å². The van der Waals surface area contributed by atoms with Crippen molar-refractivity contribution in [2.75, 3.05) is 18.4 Å². The molecular weight excluding hydrogens is 294 g/mol. The number of nitrogens with one attached hydrogen (secondary N) is 1. The van der Waals surface area contributed by atoms with E-state index >= 15 is 0 Å². The molecule has 1 aromatic heterocycles. The van der Waals surface area contributed by atoms with Crippen molar-refractivity contribution in [3.63, 3.8) is 0 Å². The van der Waals surface area contributed by atoms with E-state index in [2.05, 4.69) is 20.2 Å². The van der Waals surface area contributed by atoms with Gasteiger partial charge in [-0.25, -0.2) is 9.97 Å². The van der Waals surface area contributed by atoms with E-state index in [1.807, 2.05) is 25.1 Å². The Labute approximate surface area is 134 Å². The molecule has 2 aromatic rings. The third kappa shape index (κ3) is 3.81. The lowest BCUT2D eigenvalue weighted by molar-refractivity contribution is -0.385. The van der Waals surface area contributed by atoms with E-state index in [4.69, 9.17) is 0 Å². The molecule has 0 spiro atoms. The highest BCUT2D eigenvalue weighted by atomic mass is 16.6. The predicted molar refractivity (Wildman–Crippen MR) is 87.2 cm³/mol. The lowest BCUT2D eigenvalue weighted by Gasteiger charge is -2.16. The predicted octanol–water partition coefficient (Wildman–Crippen LogP) is 2.38. The number of likely N-dealkylation sites (tertiary alicyclic amines) is 1. The molecule has 1 unspecified atom stereocenters. The summed E-state index contributed by atoms with van der Waals surface area (Å²) in [7, 11) is 0. The highest BCUT2D eigenvalue weighted by Crippen LogP contribution is 2.22. The van der Waals surface area contributed by atoms with E-state index in [-0.39, 0.29) is 16.7 Å². The van der Waals surface area contributed by atoms with Crippen LogP contribution in [0.5, 0.6) is 0 Å². The quantitative estimate of drug-likeness (QED) is 0.674. The van der Waals surface area contributed by atoms with E-state index in [1.165, 1.54) is 0 Å². The molecule has 0 aliphatic carbocycles. The molecule has 1 aliphatic rings. The van der Waals surface area contributed by atoms with Crippen molar-refractivity contribution in [1.29, 1.82) is 0 Å². The Morgan fingerprint density at radius 3 is 3.00 bits per heavy atom. The maximum absolute atomic E-state index is 11.1. The molecule has 2 heterocycles. The summed E-state index contributed by atoms with van der Waals surface area (Å²) in [5.74, 6) is 0.641. The van der Waals surface area contributed by atoms with Crippen LogP contribution >= 0.6 is 0 Å². The summed E-state index contributed by atoms with van der Waals surface area (Å²) in [6.45, 7) is 4.24. The van der Waals surface area contributed by atoms with Crippen molar-refractivity contribution in [3.8, 4) is 0 Å². The minimum Gasteiger partial charge on any atom is -0.350 e. The summed E-state index contributed by atoms with van der Waals surface area (Å²) in [6, 6.07) is 9.05. The average molecular weight is 313 g/mol. The van der Waals surface area contributed by atoms with Gasteiger partial charge in [0.2, 0.25) is 5.95 Å². The van der Waals surface area contributed by atoms with E-state index in [0.717, 1.165) is 30.8 Å². The van der Waals surface area contributed by atoms with Crippen LogP contribution in [-0.4, -0.2) is 38.9 Å². The normalized spacial score (nSPS) is 18.0. The molecule has 1 aliphatic heterocycles. The zero-order chi connectivity index (χ0) is 16.2. The summed E-state index contributed by atoms with van der Waals surface area (Å²) in [5, 5.41) is 14.4. The fraction of sp³-hybridized carbons (Fsp3) is 0.375. The van der Waals surface area contributed by atoms with Gasteiger partial charge in [-0.3, -0.25) is 15.0 Å². The van der Waals surface area contributed by atoms with Crippen LogP contribution in [-0.2, 0) is 6.54 Å². The second-order valence-electron chi connectivity index (χ2n) is 5.77. The Morgan fingerprint density at radius 2 is 2.22 bits per heavy atom. The lowest BCUT2D eigenvalue weighted by Crippen LogP contribution is -2.27. The van der Waals surface area contributed by atoms with Crippen LogP contribution in [0.1, 0.15) is 17.7 Å². The molecule has 0 radical (unpaired) electrons. The third-order valence-corrected chi connectivity index (χ3v) is 3.98. The van der Waals surface area contributed by atoms with Crippen molar-refractivity contribution in [3.05, 3.63) is 57.9 Å². The van der Waals surface area contributed by atoms with Crippen molar-refractivity contribution >= 4 is 11.6 Å². The number of benzene rings is 1. The first kappa shape index (κ1) is 15.4. The number of para-hydroxylation sites is 1. The first-order chi connectivity index (χ1) is 11.1. The van der Waals surface area contributed by atoms with Gasteiger partial charge in [0.15, 0.2) is 0 Å². The standard InChI is InChI=1S/C16H19N5O2/c1-12-6-8-17-16(18-12)19-14-7-9-20(11-14)10-13-4-2-3-5-15(13)21(22)23/h2-6,8,14H,7,9-11H2,1H3,(H,17,18,19). The van der Waals surface area contributed by atoms with Gasteiger partial charge in [0.1, 0.15) is 0 Å². The number of nitrogens with zero attached hydrogens (tertiary/aromatic N) is 4. The highest BCUT2D eigenvalue weighted by molar-refractivity contribution is 5.39. The van der Waals surface area contributed by atoms with Gasteiger partial charge in [-0.2, -0.15) is 0 Å². The molecule has 3 rings (SSSR count). The number of hydrogen-bond donors (Lipinski definition) is 1. The Kier molecular flexibility index (Phi) is 4.47. The van der Waals surface area contributed by atoms with Crippen LogP contribution in [0.4, 0.5) is 11.6 Å². The van der Waals surface area contributed by atoms with E-state index in [9.17, 15) is 10.1 Å². The zero-order valence-corrected chi connectivity index (χ0v) is 13.0. The van der Waals surface area contributed by atoms with Gasteiger partial charge in [0.05, 0.1) is 4.92 Å². The Hall–Kier alpha value is -2.54. The minimum atomic E-state index is -0.318. The Bertz CT molecular complexity index is 706. The SMILES string of the molecule is Cc1ccnc(NC2CCN(Cc3ccccc3[N+](=O)[O-])C2)n1. The molecule has 1 fully saturated rings. The van der Waals surface area contributed by atoms with Gasteiger partial charge in [0, 0.05) is 49.2 Å². The molecule has 0 amide bonds. The summed E-state index contributed by atoms with van der Waals surface area (Å²) in [5.41, 5.74) is 1.87. The first-order valence-corrected chi connectivity index (χ1v) is 7.62. The first-order valence-electron chi connectivity index (χ1n) is 7.62. The highest BCUT2D eigenvalue weighted by Gasteiger charge is 2.25. The molecule has 0 saturated carbocycles. The van der Waals surface area contributed by atoms with Gasteiger partial charge in [-0.05, 0) is 19.4 Å². The molecular formula is C16H19N5O2. The number of nitro benzene ring substituents is 1. The fourth-order valence-electron chi connectivity index (χ4n) is 2.86. The smallest absolute Gasteiger partial charge is 0.273 e. The topological polar surface area (TPSA) is 84.2 Å². The van der Waals surface area contributed by atoms with Gasteiger partial charge in [-0.15, -0.1) is 0 Å². The number of anilines is 1. The van der Waals surface area contributed by atoms with E-state index in [0.29, 0.717) is 12.5 Å². The molecule has 7 nitrogen and oxygen atoms in total. The number of aryl methyl sites for hydroxylation is 1. The number of aromatic nitrogens is 2. The minimum absolute atomic E-state index is 0.186. The zero-order valence-electron chi connectivity index (χ0n) is 13.0. The number of hydrogen-bond acceptors (Lipinski definition) is 6. The van der Waals surface area contributed by atoms with Crippen molar-refractivity contribution < 1.29 is 4.92 Å². The number of rotatable bonds is 5. The van der Waals surface area contributed by atoms with Crippen LogP contribution in [0.2, 0.25) is 0 Å². The van der Waals surface area contributed by atoms with Crippen LogP contribution in [0.25, 0.3) is 0 Å². The summed E-state index contributed by atoms with van der Waals surface area (Å²) in [6.07, 6.45) is 2.71. The fourth-order valence-corrected chi connectivity index (χ4v) is 2.86. The molecule has 1 saturated heterocycles. The molecule has 120 valence electrons. The third-order valence-electron chi connectivity index (χ3n) is 3.98. The van der Waals surface area contributed by atoms with Crippen LogP contribution in [0, 0.1) is 17.0 Å². The molecule has 7 heteroatoms. The molecule has 1 aromatic carbocycles. The van der Waals surface area contributed by atoms with Crippen molar-refractivity contribution in [2.45, 2.75) is 25.9 Å². The second-order valence-corrected chi connectivity index (χ2v) is 5.77. The summed E-state index contributed by atoms with van der Waals surface area (Å²) < 4.78 is 0. The maximum Gasteiger partial charge on any atom is 0.273 e. The molecule has 1 N–H and O–H groups in total. The van der Waals surface area contributed by atoms with Crippen LogP contribution in [0.15, 0.2) is 36.5 Å². The van der Waals surface area contributed by atoms with Crippen LogP contribution < -0.4 is 5.32 Å². The second kappa shape index (κ2) is 6.70. The summed E-state index contributed by atoms with van der Waals surface area (Å²) in [4.78, 5) is 21.6. The monoisotopic (exact) mass is 313 g/mol. The van der Waals surface area contributed by atoms with Crippen molar-refractivity contribution in [1.82, 2.24) is 14.9 Å². The molecule has 0 bridgehead atoms. The van der Waals surface area contributed by atoms with E-state index in [1.54, 1.807) is 18.3 Å².